The molecule has 7 heteroatoms. The Morgan fingerprint density at radius 3 is 2.70 bits per heavy atom. The van der Waals surface area contributed by atoms with Crippen molar-refractivity contribution >= 4 is 51.7 Å². The van der Waals surface area contributed by atoms with Crippen molar-refractivity contribution in [3.63, 3.8) is 0 Å². The molecular formula is C20H13Cl2N3OS. The van der Waals surface area contributed by atoms with Crippen LogP contribution < -0.4 is 5.32 Å². The highest BCUT2D eigenvalue weighted by molar-refractivity contribution is 7.15. The van der Waals surface area contributed by atoms with Gasteiger partial charge in [0.1, 0.15) is 11.6 Å². The number of thiazole rings is 1. The Kier molecular flexibility index (Phi) is 6.25. The van der Waals surface area contributed by atoms with Gasteiger partial charge in [-0.2, -0.15) is 5.26 Å². The highest BCUT2D eigenvalue weighted by Gasteiger charge is 2.13. The van der Waals surface area contributed by atoms with Crippen LogP contribution in [0.5, 0.6) is 0 Å². The number of carbonyl (C=O) groups is 1. The van der Waals surface area contributed by atoms with E-state index in [4.69, 9.17) is 23.2 Å². The Labute approximate surface area is 170 Å². The number of benzene rings is 2. The Hall–Kier alpha value is -2.65. The summed E-state index contributed by atoms with van der Waals surface area (Å²) in [7, 11) is 0. The van der Waals surface area contributed by atoms with Crippen LogP contribution in [0.2, 0.25) is 10.0 Å². The van der Waals surface area contributed by atoms with Crippen LogP contribution in [-0.2, 0) is 11.2 Å². The number of nitrogens with zero attached hydrogens (tertiary/aromatic N) is 2. The van der Waals surface area contributed by atoms with Crippen molar-refractivity contribution in [2.45, 2.75) is 6.42 Å². The Morgan fingerprint density at radius 2 is 1.96 bits per heavy atom. The first-order valence-electron chi connectivity index (χ1n) is 7.92. The fourth-order valence-corrected chi connectivity index (χ4v) is 3.57. The van der Waals surface area contributed by atoms with E-state index in [1.165, 1.54) is 17.4 Å². The number of aromatic nitrogens is 1. The van der Waals surface area contributed by atoms with E-state index in [0.717, 1.165) is 16.0 Å². The van der Waals surface area contributed by atoms with Crippen molar-refractivity contribution in [3.05, 3.63) is 86.4 Å². The zero-order chi connectivity index (χ0) is 19.2. The number of nitriles is 1. The van der Waals surface area contributed by atoms with Crippen LogP contribution in [0, 0.1) is 11.3 Å². The highest BCUT2D eigenvalue weighted by Crippen LogP contribution is 2.29. The van der Waals surface area contributed by atoms with Gasteiger partial charge in [-0.3, -0.25) is 10.1 Å². The quantitative estimate of drug-likeness (QED) is 0.438. The normalized spacial score (nSPS) is 11.1. The zero-order valence-electron chi connectivity index (χ0n) is 13.9. The van der Waals surface area contributed by atoms with Crippen LogP contribution in [-0.4, -0.2) is 10.9 Å². The molecule has 1 N–H and O–H groups in total. The first kappa shape index (κ1) is 19.1. The zero-order valence-corrected chi connectivity index (χ0v) is 16.3. The molecule has 1 amide bonds. The highest BCUT2D eigenvalue weighted by atomic mass is 35.5. The Morgan fingerprint density at radius 1 is 1.19 bits per heavy atom. The summed E-state index contributed by atoms with van der Waals surface area (Å²) in [4.78, 5) is 17.5. The molecule has 0 saturated carbocycles. The molecule has 0 spiro atoms. The van der Waals surface area contributed by atoms with Gasteiger partial charge in [-0.25, -0.2) is 4.98 Å². The second kappa shape index (κ2) is 8.83. The lowest BCUT2D eigenvalue weighted by atomic mass is 10.1. The summed E-state index contributed by atoms with van der Waals surface area (Å²) in [6, 6.07) is 16.6. The topological polar surface area (TPSA) is 65.8 Å². The minimum atomic E-state index is -0.497. The van der Waals surface area contributed by atoms with E-state index < -0.39 is 5.91 Å². The van der Waals surface area contributed by atoms with Crippen molar-refractivity contribution in [3.8, 4) is 6.07 Å². The van der Waals surface area contributed by atoms with Gasteiger partial charge in [-0.05, 0) is 23.3 Å². The minimum absolute atomic E-state index is 0.0100. The van der Waals surface area contributed by atoms with Crippen molar-refractivity contribution in [1.29, 1.82) is 5.26 Å². The first-order chi connectivity index (χ1) is 13.1. The summed E-state index contributed by atoms with van der Waals surface area (Å²) in [5.74, 6) is -0.497. The van der Waals surface area contributed by atoms with Crippen LogP contribution in [0.25, 0.3) is 6.08 Å². The molecule has 0 aliphatic rings. The lowest BCUT2D eigenvalue weighted by Gasteiger charge is -2.03. The molecule has 27 heavy (non-hydrogen) atoms. The van der Waals surface area contributed by atoms with Crippen LogP contribution in [0.1, 0.15) is 16.0 Å². The summed E-state index contributed by atoms with van der Waals surface area (Å²) in [5.41, 5.74) is 1.67. The molecule has 0 atom stereocenters. The SMILES string of the molecule is N#C/C(=C\c1ccccc1)C(=O)Nc1ncc(Cc2cccc(Cl)c2Cl)s1. The third kappa shape index (κ3) is 4.95. The van der Waals surface area contributed by atoms with Gasteiger partial charge in [0.15, 0.2) is 5.13 Å². The molecule has 0 unspecified atom stereocenters. The predicted molar refractivity (Wildman–Crippen MR) is 110 cm³/mol. The van der Waals surface area contributed by atoms with E-state index in [-0.39, 0.29) is 5.57 Å². The molecule has 3 aromatic rings. The standard InChI is InChI=1S/C20H13Cl2N3OS/c21-17-8-4-7-14(18(17)22)10-16-12-24-20(27-16)25-19(26)15(11-23)9-13-5-2-1-3-6-13/h1-9,12H,10H2,(H,24,25,26)/b15-9+. The number of hydrogen-bond acceptors (Lipinski definition) is 4. The number of halogens is 2. The van der Waals surface area contributed by atoms with Gasteiger partial charge in [0.2, 0.25) is 0 Å². The van der Waals surface area contributed by atoms with E-state index in [1.54, 1.807) is 12.3 Å². The summed E-state index contributed by atoms with van der Waals surface area (Å²) >= 11 is 13.6. The molecular weight excluding hydrogens is 401 g/mol. The van der Waals surface area contributed by atoms with Gasteiger partial charge in [0.05, 0.1) is 10.0 Å². The fraction of sp³-hybridized carbons (Fsp3) is 0.0500. The number of rotatable bonds is 5. The molecule has 4 nitrogen and oxygen atoms in total. The molecule has 1 heterocycles. The van der Waals surface area contributed by atoms with Crippen LogP contribution in [0.15, 0.2) is 60.3 Å². The van der Waals surface area contributed by atoms with E-state index in [1.807, 2.05) is 48.5 Å². The maximum Gasteiger partial charge on any atom is 0.268 e. The second-order valence-electron chi connectivity index (χ2n) is 5.56. The molecule has 0 saturated heterocycles. The van der Waals surface area contributed by atoms with Crippen LogP contribution in [0.3, 0.4) is 0 Å². The fourth-order valence-electron chi connectivity index (χ4n) is 2.35. The monoisotopic (exact) mass is 413 g/mol. The van der Waals surface area contributed by atoms with Gasteiger partial charge in [-0.15, -0.1) is 11.3 Å². The largest absolute Gasteiger partial charge is 0.297 e. The molecule has 3 rings (SSSR count). The van der Waals surface area contributed by atoms with Gasteiger partial charge in [-0.1, -0.05) is 65.7 Å². The van der Waals surface area contributed by atoms with Crippen LogP contribution >= 0.6 is 34.5 Å². The van der Waals surface area contributed by atoms with Gasteiger partial charge in [0.25, 0.3) is 5.91 Å². The summed E-state index contributed by atoms with van der Waals surface area (Å²) < 4.78 is 0. The van der Waals surface area contributed by atoms with Gasteiger partial charge >= 0.3 is 0 Å². The third-order valence-corrected chi connectivity index (χ3v) is 5.42. The van der Waals surface area contributed by atoms with Crippen molar-refractivity contribution in [1.82, 2.24) is 4.98 Å². The molecule has 1 aromatic heterocycles. The molecule has 2 aromatic carbocycles. The van der Waals surface area contributed by atoms with Crippen molar-refractivity contribution < 1.29 is 4.79 Å². The predicted octanol–water partition coefficient (Wildman–Crippen LogP) is 5.59. The molecule has 0 radical (unpaired) electrons. The number of carbonyl (C=O) groups excluding carboxylic acids is 1. The molecule has 134 valence electrons. The van der Waals surface area contributed by atoms with Crippen LogP contribution in [0.4, 0.5) is 5.13 Å². The number of hydrogen-bond donors (Lipinski definition) is 1. The Bertz CT molecular complexity index is 1040. The summed E-state index contributed by atoms with van der Waals surface area (Å²) in [6.45, 7) is 0. The molecule has 0 fully saturated rings. The smallest absolute Gasteiger partial charge is 0.268 e. The minimum Gasteiger partial charge on any atom is -0.297 e. The van der Waals surface area contributed by atoms with Gasteiger partial charge in [0, 0.05) is 17.5 Å². The van der Waals surface area contributed by atoms with E-state index >= 15 is 0 Å². The summed E-state index contributed by atoms with van der Waals surface area (Å²) in [5, 5.41) is 13.4. The van der Waals surface area contributed by atoms with Crippen molar-refractivity contribution in [2.75, 3.05) is 5.32 Å². The van der Waals surface area contributed by atoms with Crippen molar-refractivity contribution in [2.24, 2.45) is 0 Å². The number of anilines is 1. The maximum atomic E-state index is 12.3. The van der Waals surface area contributed by atoms with E-state index in [2.05, 4.69) is 10.3 Å². The summed E-state index contributed by atoms with van der Waals surface area (Å²) in [6.07, 6.45) is 3.76. The van der Waals surface area contributed by atoms with E-state index in [9.17, 15) is 10.1 Å². The first-order valence-corrected chi connectivity index (χ1v) is 9.50. The molecule has 0 aliphatic carbocycles. The lowest BCUT2D eigenvalue weighted by molar-refractivity contribution is -0.112. The average Bonchev–Trinajstić information content (AvgIpc) is 3.11. The Balaban J connectivity index is 1.71. The third-order valence-electron chi connectivity index (χ3n) is 3.65. The number of nitrogens with one attached hydrogen (secondary N) is 1. The second-order valence-corrected chi connectivity index (χ2v) is 7.46. The number of amides is 1. The van der Waals surface area contributed by atoms with Gasteiger partial charge < -0.3 is 0 Å². The molecule has 0 aliphatic heterocycles. The molecule has 0 bridgehead atoms. The van der Waals surface area contributed by atoms with E-state index in [0.29, 0.717) is 21.6 Å². The average molecular weight is 414 g/mol. The maximum absolute atomic E-state index is 12.3. The lowest BCUT2D eigenvalue weighted by Crippen LogP contribution is -2.13.